The molecule has 4 rings (SSSR count). The molecule has 0 bridgehead atoms. The number of rotatable bonds is 7. The predicted molar refractivity (Wildman–Crippen MR) is 131 cm³/mol. The van der Waals surface area contributed by atoms with E-state index in [9.17, 15) is 4.79 Å². The maximum absolute atomic E-state index is 12.8. The van der Waals surface area contributed by atoms with Gasteiger partial charge >= 0.3 is 0 Å². The zero-order chi connectivity index (χ0) is 24.1. The molecular weight excluding hydrogens is 456 g/mol. The third kappa shape index (κ3) is 5.73. The molecule has 2 aromatic heterocycles. The van der Waals surface area contributed by atoms with Crippen LogP contribution in [0.15, 0.2) is 48.7 Å². The topological polar surface area (TPSA) is 102 Å². The predicted octanol–water partition coefficient (Wildman–Crippen LogP) is 3.99. The van der Waals surface area contributed by atoms with Gasteiger partial charge in [-0.1, -0.05) is 11.6 Å². The van der Waals surface area contributed by atoms with Crippen molar-refractivity contribution in [3.8, 4) is 5.75 Å². The van der Waals surface area contributed by atoms with E-state index in [-0.39, 0.29) is 18.0 Å². The van der Waals surface area contributed by atoms with Gasteiger partial charge < -0.3 is 25.0 Å². The second kappa shape index (κ2) is 10.7. The van der Waals surface area contributed by atoms with Gasteiger partial charge in [0, 0.05) is 23.3 Å². The molecular formula is C24H27ClN6O3. The van der Waals surface area contributed by atoms with Crippen LogP contribution in [0.2, 0.25) is 5.02 Å². The fourth-order valence-corrected chi connectivity index (χ4v) is 3.68. The summed E-state index contributed by atoms with van der Waals surface area (Å²) in [7, 11) is 1.55. The molecule has 1 aliphatic rings. The van der Waals surface area contributed by atoms with E-state index < -0.39 is 0 Å². The van der Waals surface area contributed by atoms with Gasteiger partial charge in [0.25, 0.3) is 5.91 Å². The van der Waals surface area contributed by atoms with Gasteiger partial charge in [-0.15, -0.1) is 0 Å². The molecule has 2 atom stereocenters. The van der Waals surface area contributed by atoms with Crippen molar-refractivity contribution in [2.75, 3.05) is 37.1 Å². The standard InChI is InChI=1S/C24H27ClN6O3/c1-15-14-34-11-10-31(15)24-29-21(12-22(30-24)28-18-6-4-17(25)5-7-18)16(2)27-23(32)20-9-8-19(33-3)13-26-20/h4-9,12-13,15-16H,10-11,14H2,1-3H3,(H,27,32)(H,28,29,30)/t15?,16-/m0/s1. The lowest BCUT2D eigenvalue weighted by atomic mass is 10.2. The van der Waals surface area contributed by atoms with Gasteiger partial charge in [-0.3, -0.25) is 4.79 Å². The first-order valence-electron chi connectivity index (χ1n) is 11.0. The number of anilines is 3. The van der Waals surface area contributed by atoms with Gasteiger partial charge in [-0.25, -0.2) is 9.97 Å². The van der Waals surface area contributed by atoms with Crippen molar-refractivity contribution in [2.45, 2.75) is 25.9 Å². The van der Waals surface area contributed by atoms with Crippen molar-refractivity contribution in [1.29, 1.82) is 0 Å². The van der Waals surface area contributed by atoms with Gasteiger partial charge in [0.15, 0.2) is 0 Å². The molecule has 1 aromatic carbocycles. The Morgan fingerprint density at radius 2 is 2.03 bits per heavy atom. The molecule has 10 heteroatoms. The lowest BCUT2D eigenvalue weighted by Gasteiger charge is -2.33. The normalized spacial score (nSPS) is 16.6. The second-order valence-electron chi connectivity index (χ2n) is 8.01. The highest BCUT2D eigenvalue weighted by molar-refractivity contribution is 6.30. The number of halogens is 1. The van der Waals surface area contributed by atoms with E-state index in [1.165, 1.54) is 6.20 Å². The van der Waals surface area contributed by atoms with Crippen LogP contribution in [0.1, 0.15) is 36.1 Å². The Balaban J connectivity index is 1.60. The van der Waals surface area contributed by atoms with Crippen LogP contribution >= 0.6 is 11.6 Å². The minimum Gasteiger partial charge on any atom is -0.495 e. The largest absolute Gasteiger partial charge is 0.495 e. The molecule has 9 nitrogen and oxygen atoms in total. The number of carbonyl (C=O) groups is 1. The van der Waals surface area contributed by atoms with E-state index in [1.54, 1.807) is 19.2 Å². The number of aromatic nitrogens is 3. The van der Waals surface area contributed by atoms with Gasteiger partial charge in [0.05, 0.1) is 44.3 Å². The van der Waals surface area contributed by atoms with Gasteiger partial charge in [0.1, 0.15) is 17.3 Å². The third-order valence-electron chi connectivity index (χ3n) is 5.47. The van der Waals surface area contributed by atoms with Crippen LogP contribution in [0.25, 0.3) is 0 Å². The summed E-state index contributed by atoms with van der Waals surface area (Å²) < 4.78 is 10.7. The Hall–Kier alpha value is -3.43. The van der Waals surface area contributed by atoms with Crippen molar-refractivity contribution in [3.63, 3.8) is 0 Å². The molecule has 0 aliphatic carbocycles. The van der Waals surface area contributed by atoms with Gasteiger partial charge in [-0.2, -0.15) is 4.98 Å². The molecule has 1 fully saturated rings. The molecule has 1 unspecified atom stereocenters. The summed E-state index contributed by atoms with van der Waals surface area (Å²) in [5, 5.41) is 6.93. The average molecular weight is 483 g/mol. The van der Waals surface area contributed by atoms with Gasteiger partial charge in [0.2, 0.25) is 5.95 Å². The Kier molecular flexibility index (Phi) is 7.44. The maximum Gasteiger partial charge on any atom is 0.270 e. The first-order valence-corrected chi connectivity index (χ1v) is 11.4. The summed E-state index contributed by atoms with van der Waals surface area (Å²) in [5.74, 6) is 1.47. The molecule has 34 heavy (non-hydrogen) atoms. The van der Waals surface area contributed by atoms with Crippen LogP contribution in [-0.4, -0.2) is 53.8 Å². The molecule has 178 valence electrons. The number of nitrogens with zero attached hydrogens (tertiary/aromatic N) is 4. The maximum atomic E-state index is 12.8. The molecule has 0 spiro atoms. The van der Waals surface area contributed by atoms with Crippen LogP contribution in [0.5, 0.6) is 5.75 Å². The molecule has 3 aromatic rings. The van der Waals surface area contributed by atoms with Gasteiger partial charge in [-0.05, 0) is 50.2 Å². The monoisotopic (exact) mass is 482 g/mol. The summed E-state index contributed by atoms with van der Waals surface area (Å²) >= 11 is 6.02. The number of hydrogen-bond acceptors (Lipinski definition) is 8. The van der Waals surface area contributed by atoms with Crippen LogP contribution in [-0.2, 0) is 4.74 Å². The Morgan fingerprint density at radius 3 is 2.71 bits per heavy atom. The van der Waals surface area contributed by atoms with Crippen molar-refractivity contribution in [1.82, 2.24) is 20.3 Å². The first-order chi connectivity index (χ1) is 16.4. The van der Waals surface area contributed by atoms with E-state index in [1.807, 2.05) is 37.3 Å². The molecule has 1 saturated heterocycles. The summed E-state index contributed by atoms with van der Waals surface area (Å²) in [6.07, 6.45) is 1.51. The number of carbonyl (C=O) groups excluding carboxylic acids is 1. The average Bonchev–Trinajstić information content (AvgIpc) is 2.85. The van der Waals surface area contributed by atoms with Crippen molar-refractivity contribution in [3.05, 3.63) is 65.1 Å². The fraction of sp³-hybridized carbons (Fsp3) is 0.333. The van der Waals surface area contributed by atoms with Crippen LogP contribution < -0.4 is 20.3 Å². The Bertz CT molecular complexity index is 1130. The Morgan fingerprint density at radius 1 is 1.24 bits per heavy atom. The summed E-state index contributed by atoms with van der Waals surface area (Å²) in [6, 6.07) is 12.3. The fourth-order valence-electron chi connectivity index (χ4n) is 3.55. The van der Waals surface area contributed by atoms with E-state index in [0.717, 1.165) is 5.69 Å². The number of hydrogen-bond donors (Lipinski definition) is 2. The number of ether oxygens (including phenoxy) is 2. The smallest absolute Gasteiger partial charge is 0.270 e. The quantitative estimate of drug-likeness (QED) is 0.521. The molecule has 0 radical (unpaired) electrons. The summed E-state index contributed by atoms with van der Waals surface area (Å²) in [4.78, 5) is 28.6. The molecule has 1 amide bonds. The number of pyridine rings is 1. The SMILES string of the molecule is COc1ccc(C(=O)N[C@@H](C)c2cc(Nc3ccc(Cl)cc3)nc(N3CCOCC3C)n2)nc1. The van der Waals surface area contributed by atoms with E-state index in [4.69, 9.17) is 31.0 Å². The van der Waals surface area contributed by atoms with Crippen LogP contribution in [0, 0.1) is 0 Å². The van der Waals surface area contributed by atoms with Crippen molar-refractivity contribution < 1.29 is 14.3 Å². The molecule has 0 saturated carbocycles. The van der Waals surface area contributed by atoms with Crippen molar-refractivity contribution >= 4 is 35.0 Å². The van der Waals surface area contributed by atoms with E-state index in [0.29, 0.717) is 53.7 Å². The minimum absolute atomic E-state index is 0.126. The Labute approximate surface area is 203 Å². The van der Waals surface area contributed by atoms with Crippen LogP contribution in [0.4, 0.5) is 17.5 Å². The first kappa shape index (κ1) is 23.7. The zero-order valence-electron chi connectivity index (χ0n) is 19.3. The number of benzene rings is 1. The van der Waals surface area contributed by atoms with E-state index in [2.05, 4.69) is 27.4 Å². The lowest BCUT2D eigenvalue weighted by Crippen LogP contribution is -2.44. The van der Waals surface area contributed by atoms with E-state index >= 15 is 0 Å². The van der Waals surface area contributed by atoms with Crippen LogP contribution in [0.3, 0.4) is 0 Å². The molecule has 2 N–H and O–H groups in total. The number of amides is 1. The third-order valence-corrected chi connectivity index (χ3v) is 5.72. The highest BCUT2D eigenvalue weighted by atomic mass is 35.5. The summed E-state index contributed by atoms with van der Waals surface area (Å²) in [6.45, 7) is 5.84. The molecule has 1 aliphatic heterocycles. The number of nitrogens with one attached hydrogen (secondary N) is 2. The van der Waals surface area contributed by atoms with Crippen molar-refractivity contribution in [2.24, 2.45) is 0 Å². The highest BCUT2D eigenvalue weighted by Crippen LogP contribution is 2.25. The lowest BCUT2D eigenvalue weighted by molar-refractivity contribution is 0.0934. The second-order valence-corrected chi connectivity index (χ2v) is 8.44. The number of methoxy groups -OCH3 is 1. The minimum atomic E-state index is -0.389. The molecule has 3 heterocycles. The zero-order valence-corrected chi connectivity index (χ0v) is 20.0. The number of morpholine rings is 1. The summed E-state index contributed by atoms with van der Waals surface area (Å²) in [5.41, 5.74) is 1.81. The highest BCUT2D eigenvalue weighted by Gasteiger charge is 2.24.